The number of hydrogen-bond donors (Lipinski definition) is 1. The highest BCUT2D eigenvalue weighted by Crippen LogP contribution is 2.23. The zero-order chi connectivity index (χ0) is 13.1. The lowest BCUT2D eigenvalue weighted by molar-refractivity contribution is 0.492. The maximum absolute atomic E-state index is 13.1. The minimum Gasteiger partial charge on any atom is -0.303 e. The topological polar surface area (TPSA) is 12.0 Å². The number of rotatable bonds is 4. The van der Waals surface area contributed by atoms with Gasteiger partial charge in [-0.25, -0.2) is 8.78 Å². The molecule has 1 nitrogen and oxygen atoms in total. The van der Waals surface area contributed by atoms with Gasteiger partial charge in [-0.05, 0) is 43.0 Å². The van der Waals surface area contributed by atoms with Crippen LogP contribution in [0.3, 0.4) is 0 Å². The summed E-state index contributed by atoms with van der Waals surface area (Å²) < 4.78 is 26.3. The van der Waals surface area contributed by atoms with E-state index in [2.05, 4.69) is 5.32 Å². The van der Waals surface area contributed by atoms with Gasteiger partial charge in [-0.1, -0.05) is 6.07 Å². The van der Waals surface area contributed by atoms with Crippen molar-refractivity contribution in [3.05, 3.63) is 57.8 Å². The van der Waals surface area contributed by atoms with E-state index in [0.29, 0.717) is 5.56 Å². The van der Waals surface area contributed by atoms with Crippen molar-refractivity contribution in [2.75, 3.05) is 0 Å². The van der Waals surface area contributed by atoms with Crippen molar-refractivity contribution >= 4 is 11.3 Å². The van der Waals surface area contributed by atoms with Gasteiger partial charge in [-0.3, -0.25) is 0 Å². The Bertz CT molecular complexity index is 490. The molecule has 4 heteroatoms. The zero-order valence-electron chi connectivity index (χ0n) is 10.3. The van der Waals surface area contributed by atoms with Crippen LogP contribution >= 0.6 is 11.3 Å². The fraction of sp³-hybridized carbons (Fsp3) is 0.286. The van der Waals surface area contributed by atoms with E-state index in [-0.39, 0.29) is 12.1 Å². The van der Waals surface area contributed by atoms with Gasteiger partial charge in [0, 0.05) is 23.0 Å². The molecule has 0 aliphatic carbocycles. The van der Waals surface area contributed by atoms with E-state index >= 15 is 0 Å². The predicted octanol–water partition coefficient (Wildman–Crippen LogP) is 4.44. The number of nitrogens with one attached hydrogen (secondary N) is 1. The number of hydrogen-bond acceptors (Lipinski definition) is 2. The minimum atomic E-state index is -0.539. The first-order valence-electron chi connectivity index (χ1n) is 5.81. The third-order valence-electron chi connectivity index (χ3n) is 2.85. The van der Waals surface area contributed by atoms with E-state index in [9.17, 15) is 8.78 Å². The molecular weight excluding hydrogens is 252 g/mol. The van der Waals surface area contributed by atoms with Gasteiger partial charge in [0.2, 0.25) is 0 Å². The quantitative estimate of drug-likeness (QED) is 0.863. The van der Waals surface area contributed by atoms with Crippen molar-refractivity contribution in [3.8, 4) is 0 Å². The maximum Gasteiger partial charge on any atom is 0.126 e. The first-order chi connectivity index (χ1) is 8.56. The summed E-state index contributed by atoms with van der Waals surface area (Å²) >= 11 is 1.66. The van der Waals surface area contributed by atoms with Gasteiger partial charge in [0.1, 0.15) is 11.6 Å². The molecule has 1 unspecified atom stereocenters. The Labute approximate surface area is 109 Å². The van der Waals surface area contributed by atoms with E-state index < -0.39 is 11.6 Å². The molecular formula is C14H15F2NS. The van der Waals surface area contributed by atoms with Gasteiger partial charge in [-0.15, -0.1) is 11.3 Å². The molecule has 2 rings (SSSR count). The van der Waals surface area contributed by atoms with Crippen molar-refractivity contribution in [3.63, 3.8) is 0 Å². The van der Waals surface area contributed by atoms with Gasteiger partial charge in [-0.2, -0.15) is 0 Å². The summed E-state index contributed by atoms with van der Waals surface area (Å²) in [6.07, 6.45) is 0. The van der Waals surface area contributed by atoms with Crippen molar-refractivity contribution in [2.24, 2.45) is 0 Å². The highest BCUT2D eigenvalue weighted by atomic mass is 32.1. The fourth-order valence-electron chi connectivity index (χ4n) is 1.92. The summed E-state index contributed by atoms with van der Waals surface area (Å²) in [6, 6.07) is 7.70. The second kappa shape index (κ2) is 5.59. The van der Waals surface area contributed by atoms with Crippen LogP contribution in [-0.2, 0) is 0 Å². The molecule has 1 N–H and O–H groups in total. The smallest absolute Gasteiger partial charge is 0.126 e. The molecule has 0 saturated carbocycles. The summed E-state index contributed by atoms with van der Waals surface area (Å²) in [4.78, 5) is 1.21. The first kappa shape index (κ1) is 13.2. The van der Waals surface area contributed by atoms with Gasteiger partial charge in [0.25, 0.3) is 0 Å². The highest BCUT2D eigenvalue weighted by Gasteiger charge is 2.13. The van der Waals surface area contributed by atoms with E-state index in [1.54, 1.807) is 11.3 Å². The molecule has 0 spiro atoms. The lowest BCUT2D eigenvalue weighted by atomic mass is 10.1. The second-order valence-electron chi connectivity index (χ2n) is 4.33. The third-order valence-corrected chi connectivity index (χ3v) is 3.91. The molecule has 0 radical (unpaired) electrons. The molecule has 0 amide bonds. The third kappa shape index (κ3) is 3.15. The zero-order valence-corrected chi connectivity index (χ0v) is 11.1. The molecule has 0 saturated heterocycles. The van der Waals surface area contributed by atoms with Crippen molar-refractivity contribution in [2.45, 2.75) is 25.9 Å². The molecule has 96 valence electrons. The van der Waals surface area contributed by atoms with Crippen LogP contribution in [-0.4, -0.2) is 0 Å². The summed E-state index contributed by atoms with van der Waals surface area (Å²) in [6.45, 7) is 3.94. The SMILES string of the molecule is CC(N[C@H](C)c1cccs1)c1cc(F)cc(F)c1. The molecule has 0 aliphatic rings. The fourth-order valence-corrected chi connectivity index (χ4v) is 2.66. The van der Waals surface area contributed by atoms with Crippen LogP contribution in [0.25, 0.3) is 0 Å². The Hall–Kier alpha value is -1.26. The van der Waals surface area contributed by atoms with Crippen LogP contribution in [0.4, 0.5) is 8.78 Å². The van der Waals surface area contributed by atoms with Gasteiger partial charge < -0.3 is 5.32 Å². The summed E-state index contributed by atoms with van der Waals surface area (Å²) in [5.74, 6) is -1.08. The van der Waals surface area contributed by atoms with E-state index in [4.69, 9.17) is 0 Å². The molecule has 1 aromatic carbocycles. The van der Waals surface area contributed by atoms with Crippen LogP contribution in [0.2, 0.25) is 0 Å². The molecule has 0 bridgehead atoms. The molecule has 2 atom stereocenters. The standard InChI is InChI=1S/C14H15F2NS/c1-9(11-6-12(15)8-13(16)7-11)17-10(2)14-4-3-5-18-14/h3-10,17H,1-2H3/t9?,10-/m1/s1. The Morgan fingerprint density at radius 3 is 2.28 bits per heavy atom. The molecule has 2 aromatic rings. The van der Waals surface area contributed by atoms with Crippen LogP contribution in [0.1, 0.15) is 36.4 Å². The van der Waals surface area contributed by atoms with Gasteiger partial charge in [0.05, 0.1) is 0 Å². The normalized spacial score (nSPS) is 14.4. The van der Waals surface area contributed by atoms with Crippen molar-refractivity contribution < 1.29 is 8.78 Å². The second-order valence-corrected chi connectivity index (χ2v) is 5.31. The predicted molar refractivity (Wildman–Crippen MR) is 70.6 cm³/mol. The van der Waals surface area contributed by atoms with Crippen molar-refractivity contribution in [1.29, 1.82) is 0 Å². The molecule has 1 aromatic heterocycles. The molecule has 0 fully saturated rings. The minimum absolute atomic E-state index is 0.104. The summed E-state index contributed by atoms with van der Waals surface area (Å²) in [5.41, 5.74) is 0.621. The number of halogens is 2. The van der Waals surface area contributed by atoms with Crippen LogP contribution in [0.5, 0.6) is 0 Å². The van der Waals surface area contributed by atoms with Gasteiger partial charge >= 0.3 is 0 Å². The Balaban J connectivity index is 2.09. The maximum atomic E-state index is 13.1. The first-order valence-corrected chi connectivity index (χ1v) is 6.69. The van der Waals surface area contributed by atoms with Crippen molar-refractivity contribution in [1.82, 2.24) is 5.32 Å². The lowest BCUT2D eigenvalue weighted by Gasteiger charge is -2.19. The molecule has 0 aliphatic heterocycles. The van der Waals surface area contributed by atoms with Crippen LogP contribution in [0.15, 0.2) is 35.7 Å². The van der Waals surface area contributed by atoms with E-state index in [1.807, 2.05) is 31.4 Å². The summed E-state index contributed by atoms with van der Waals surface area (Å²) in [7, 11) is 0. The Kier molecular flexibility index (Phi) is 4.09. The monoisotopic (exact) mass is 267 g/mol. The lowest BCUT2D eigenvalue weighted by Crippen LogP contribution is -2.22. The summed E-state index contributed by atoms with van der Waals surface area (Å²) in [5, 5.41) is 5.34. The van der Waals surface area contributed by atoms with Gasteiger partial charge in [0.15, 0.2) is 0 Å². The van der Waals surface area contributed by atoms with Crippen LogP contribution < -0.4 is 5.32 Å². The Morgan fingerprint density at radius 2 is 1.72 bits per heavy atom. The van der Waals surface area contributed by atoms with E-state index in [1.165, 1.54) is 17.0 Å². The average molecular weight is 267 g/mol. The van der Waals surface area contributed by atoms with Crippen LogP contribution in [0, 0.1) is 11.6 Å². The number of thiophene rings is 1. The Morgan fingerprint density at radius 1 is 1.06 bits per heavy atom. The largest absolute Gasteiger partial charge is 0.303 e. The van der Waals surface area contributed by atoms with E-state index in [0.717, 1.165) is 6.07 Å². The highest BCUT2D eigenvalue weighted by molar-refractivity contribution is 7.10. The molecule has 18 heavy (non-hydrogen) atoms. The molecule has 1 heterocycles. The average Bonchev–Trinajstić information content (AvgIpc) is 2.80. The number of benzene rings is 1.